The third kappa shape index (κ3) is 4.52. The molecule has 1 fully saturated rings. The molecule has 1 N–H and O–H groups in total. The number of aryl methyl sites for hydroxylation is 1. The molecule has 3 rings (SSSR count). The van der Waals surface area contributed by atoms with Gasteiger partial charge < -0.3 is 15.0 Å². The average Bonchev–Trinajstić information content (AvgIpc) is 3.00. The fraction of sp³-hybridized carbons (Fsp3) is 0.300. The summed E-state index contributed by atoms with van der Waals surface area (Å²) >= 11 is 5.98. The summed E-state index contributed by atoms with van der Waals surface area (Å²) in [6, 6.07) is 12.5. The van der Waals surface area contributed by atoms with Crippen LogP contribution in [0.5, 0.6) is 5.75 Å². The first kappa shape index (κ1) is 19.0. The first-order valence-corrected chi connectivity index (χ1v) is 9.21. The lowest BCUT2D eigenvalue weighted by Crippen LogP contribution is -2.37. The van der Waals surface area contributed by atoms with Crippen molar-refractivity contribution >= 4 is 34.9 Å². The molecule has 0 spiro atoms. The van der Waals surface area contributed by atoms with Gasteiger partial charge in [-0.2, -0.15) is 0 Å². The summed E-state index contributed by atoms with van der Waals surface area (Å²) in [5, 5.41) is 3.37. The van der Waals surface area contributed by atoms with E-state index in [1.165, 1.54) is 4.90 Å². The second kappa shape index (κ2) is 8.31. The number of urea groups is 1. The highest BCUT2D eigenvalue weighted by Gasteiger charge is 2.30. The molecule has 0 unspecified atom stereocenters. The minimum atomic E-state index is -0.248. The molecule has 1 heterocycles. The Labute approximate surface area is 163 Å². The van der Waals surface area contributed by atoms with Gasteiger partial charge in [-0.15, -0.1) is 0 Å². The molecule has 1 saturated heterocycles. The SMILES string of the molecule is CCOc1ccc(N2CCN(CC(=O)Nc3cc(Cl)ccc3C)C2=O)cc1. The van der Waals surface area contributed by atoms with Crippen LogP contribution in [0.25, 0.3) is 0 Å². The summed E-state index contributed by atoms with van der Waals surface area (Å²) in [5.41, 5.74) is 2.36. The summed E-state index contributed by atoms with van der Waals surface area (Å²) in [6.45, 7) is 5.44. The van der Waals surface area contributed by atoms with Crippen molar-refractivity contribution in [2.24, 2.45) is 0 Å². The van der Waals surface area contributed by atoms with Gasteiger partial charge in [-0.1, -0.05) is 17.7 Å². The van der Waals surface area contributed by atoms with Crippen molar-refractivity contribution in [3.05, 3.63) is 53.1 Å². The summed E-state index contributed by atoms with van der Waals surface area (Å²) in [5.74, 6) is 0.517. The number of amides is 3. The maximum absolute atomic E-state index is 12.6. The van der Waals surface area contributed by atoms with Crippen molar-refractivity contribution in [1.29, 1.82) is 0 Å². The number of hydrogen-bond donors (Lipinski definition) is 1. The van der Waals surface area contributed by atoms with Gasteiger partial charge in [-0.25, -0.2) is 4.79 Å². The van der Waals surface area contributed by atoms with E-state index < -0.39 is 0 Å². The standard InChI is InChI=1S/C20H22ClN3O3/c1-3-27-17-8-6-16(7-9-17)24-11-10-23(20(24)26)13-19(25)22-18-12-15(21)5-4-14(18)2/h4-9,12H,3,10-11,13H2,1-2H3,(H,22,25). The van der Waals surface area contributed by atoms with Gasteiger partial charge in [-0.05, 0) is 55.8 Å². The zero-order chi connectivity index (χ0) is 19.4. The van der Waals surface area contributed by atoms with Gasteiger partial charge in [0.25, 0.3) is 0 Å². The largest absolute Gasteiger partial charge is 0.494 e. The van der Waals surface area contributed by atoms with Crippen molar-refractivity contribution in [2.75, 3.05) is 36.5 Å². The lowest BCUT2D eigenvalue weighted by Gasteiger charge is -2.19. The Balaban J connectivity index is 1.61. The van der Waals surface area contributed by atoms with E-state index in [9.17, 15) is 9.59 Å². The van der Waals surface area contributed by atoms with Gasteiger partial charge in [-0.3, -0.25) is 9.69 Å². The highest BCUT2D eigenvalue weighted by atomic mass is 35.5. The summed E-state index contributed by atoms with van der Waals surface area (Å²) < 4.78 is 5.42. The molecule has 0 atom stereocenters. The van der Waals surface area contributed by atoms with E-state index >= 15 is 0 Å². The van der Waals surface area contributed by atoms with Crippen molar-refractivity contribution < 1.29 is 14.3 Å². The molecule has 27 heavy (non-hydrogen) atoms. The minimum absolute atomic E-state index is 0.00167. The summed E-state index contributed by atoms with van der Waals surface area (Å²) in [4.78, 5) is 28.2. The van der Waals surface area contributed by atoms with E-state index in [1.807, 2.05) is 44.2 Å². The number of ether oxygens (including phenoxy) is 1. The number of hydrogen-bond acceptors (Lipinski definition) is 3. The molecule has 0 aliphatic carbocycles. The van der Waals surface area contributed by atoms with Crippen LogP contribution in [0.2, 0.25) is 5.02 Å². The fourth-order valence-corrected chi connectivity index (χ4v) is 3.12. The summed E-state index contributed by atoms with van der Waals surface area (Å²) in [7, 11) is 0. The van der Waals surface area contributed by atoms with Gasteiger partial charge in [0, 0.05) is 29.5 Å². The van der Waals surface area contributed by atoms with Crippen molar-refractivity contribution in [3.63, 3.8) is 0 Å². The van der Waals surface area contributed by atoms with Crippen molar-refractivity contribution in [2.45, 2.75) is 13.8 Å². The quantitative estimate of drug-likeness (QED) is 0.816. The smallest absolute Gasteiger partial charge is 0.325 e. The Morgan fingerprint density at radius 1 is 1.19 bits per heavy atom. The van der Waals surface area contributed by atoms with Gasteiger partial charge >= 0.3 is 6.03 Å². The van der Waals surface area contributed by atoms with E-state index in [4.69, 9.17) is 16.3 Å². The monoisotopic (exact) mass is 387 g/mol. The maximum Gasteiger partial charge on any atom is 0.325 e. The van der Waals surface area contributed by atoms with E-state index in [2.05, 4.69) is 5.32 Å². The van der Waals surface area contributed by atoms with Gasteiger partial charge in [0.05, 0.1) is 6.61 Å². The first-order valence-electron chi connectivity index (χ1n) is 8.83. The maximum atomic E-state index is 12.6. The topological polar surface area (TPSA) is 61.9 Å². The first-order chi connectivity index (χ1) is 13.0. The van der Waals surface area contributed by atoms with Crippen LogP contribution in [-0.2, 0) is 4.79 Å². The lowest BCUT2D eigenvalue weighted by atomic mass is 10.2. The number of benzene rings is 2. The van der Waals surface area contributed by atoms with E-state index in [-0.39, 0.29) is 18.5 Å². The highest BCUT2D eigenvalue weighted by Crippen LogP contribution is 2.24. The number of anilines is 2. The number of rotatable bonds is 6. The van der Waals surface area contributed by atoms with Crippen LogP contribution < -0.4 is 15.0 Å². The lowest BCUT2D eigenvalue weighted by molar-refractivity contribution is -0.116. The third-order valence-corrected chi connectivity index (χ3v) is 4.60. The molecule has 142 valence electrons. The zero-order valence-corrected chi connectivity index (χ0v) is 16.1. The fourth-order valence-electron chi connectivity index (χ4n) is 2.95. The van der Waals surface area contributed by atoms with Crippen molar-refractivity contribution in [1.82, 2.24) is 4.90 Å². The molecule has 0 bridgehead atoms. The van der Waals surface area contributed by atoms with Crippen LogP contribution in [0.3, 0.4) is 0 Å². The minimum Gasteiger partial charge on any atom is -0.494 e. The second-order valence-electron chi connectivity index (χ2n) is 6.29. The van der Waals surface area contributed by atoms with Gasteiger partial charge in [0.15, 0.2) is 0 Å². The molecule has 6 nitrogen and oxygen atoms in total. The van der Waals surface area contributed by atoms with Crippen molar-refractivity contribution in [3.8, 4) is 5.75 Å². The number of carbonyl (C=O) groups excluding carboxylic acids is 2. The summed E-state index contributed by atoms with van der Waals surface area (Å²) in [6.07, 6.45) is 0. The number of carbonyl (C=O) groups is 2. The molecule has 0 radical (unpaired) electrons. The Kier molecular flexibility index (Phi) is 5.86. The molecule has 2 aromatic carbocycles. The van der Waals surface area contributed by atoms with E-state index in [0.29, 0.717) is 30.4 Å². The van der Waals surface area contributed by atoms with E-state index in [1.54, 1.807) is 17.0 Å². The number of nitrogens with one attached hydrogen (secondary N) is 1. The molecule has 7 heteroatoms. The normalized spacial score (nSPS) is 13.8. The predicted molar refractivity (Wildman–Crippen MR) is 107 cm³/mol. The Morgan fingerprint density at radius 2 is 1.93 bits per heavy atom. The van der Waals surface area contributed by atoms with Gasteiger partial charge in [0.2, 0.25) is 5.91 Å². The molecule has 3 amide bonds. The Bertz CT molecular complexity index is 839. The van der Waals surface area contributed by atoms with Crippen LogP contribution >= 0.6 is 11.6 Å². The molecule has 1 aliphatic heterocycles. The zero-order valence-electron chi connectivity index (χ0n) is 15.4. The van der Waals surface area contributed by atoms with Crippen LogP contribution in [0.15, 0.2) is 42.5 Å². The molecule has 2 aromatic rings. The van der Waals surface area contributed by atoms with Crippen LogP contribution in [0.1, 0.15) is 12.5 Å². The van der Waals surface area contributed by atoms with Crippen LogP contribution in [0.4, 0.5) is 16.2 Å². The van der Waals surface area contributed by atoms with Crippen LogP contribution in [-0.4, -0.2) is 43.1 Å². The van der Waals surface area contributed by atoms with E-state index in [0.717, 1.165) is 17.0 Å². The third-order valence-electron chi connectivity index (χ3n) is 4.36. The van der Waals surface area contributed by atoms with Gasteiger partial charge in [0.1, 0.15) is 12.3 Å². The molecule has 0 aromatic heterocycles. The number of halogens is 1. The predicted octanol–water partition coefficient (Wildman–Crippen LogP) is 3.93. The molecular formula is C20H22ClN3O3. The molecule has 1 aliphatic rings. The Hall–Kier alpha value is -2.73. The highest BCUT2D eigenvalue weighted by molar-refractivity contribution is 6.31. The number of nitrogens with zero attached hydrogens (tertiary/aromatic N) is 2. The molecular weight excluding hydrogens is 366 g/mol. The van der Waals surface area contributed by atoms with Crippen LogP contribution in [0, 0.1) is 6.92 Å². The average molecular weight is 388 g/mol. The Morgan fingerprint density at radius 3 is 2.63 bits per heavy atom. The second-order valence-corrected chi connectivity index (χ2v) is 6.73. The molecule has 0 saturated carbocycles.